The Morgan fingerprint density at radius 1 is 0.710 bits per heavy atom. The molecule has 7 nitrogen and oxygen atoms in total. The number of rotatable bonds is 9. The fourth-order valence-electron chi connectivity index (χ4n) is 2.93. The molecule has 3 aromatic carbocycles. The maximum absolute atomic E-state index is 12.3. The first-order chi connectivity index (χ1) is 15.0. The van der Waals surface area contributed by atoms with Gasteiger partial charge in [-0.25, -0.2) is 0 Å². The van der Waals surface area contributed by atoms with Crippen molar-refractivity contribution in [1.82, 2.24) is 0 Å². The number of nitrogens with one attached hydrogen (secondary N) is 3. The smallest absolute Gasteiger partial charge is 0.279 e. The van der Waals surface area contributed by atoms with Crippen LogP contribution in [0.1, 0.15) is 0 Å². The van der Waals surface area contributed by atoms with Crippen LogP contribution in [-0.2, 0) is 9.59 Å². The van der Waals surface area contributed by atoms with Crippen LogP contribution in [0, 0.1) is 0 Å². The first kappa shape index (κ1) is 21.9. The quantitative estimate of drug-likeness (QED) is 0.497. The molecule has 7 heteroatoms. The largest absolute Gasteiger partial charge is 0.497 e. The summed E-state index contributed by atoms with van der Waals surface area (Å²) in [5.74, 6) is 1.81. The lowest BCUT2D eigenvalue weighted by atomic mass is 10.3. The summed E-state index contributed by atoms with van der Waals surface area (Å²) in [6.45, 7) is 0.335. The Bertz CT molecular complexity index is 990. The van der Waals surface area contributed by atoms with Crippen molar-refractivity contribution in [2.24, 2.45) is 0 Å². The van der Waals surface area contributed by atoms with E-state index in [4.69, 9.17) is 9.47 Å². The normalized spacial score (nSPS) is 11.3. The summed E-state index contributed by atoms with van der Waals surface area (Å²) < 4.78 is 10.8. The number of hydrogen-bond acceptors (Lipinski definition) is 4. The highest BCUT2D eigenvalue weighted by Gasteiger charge is 2.14. The minimum atomic E-state index is -0.175. The van der Waals surface area contributed by atoms with Gasteiger partial charge in [-0.1, -0.05) is 18.2 Å². The summed E-state index contributed by atoms with van der Waals surface area (Å²) >= 11 is 0. The summed E-state index contributed by atoms with van der Waals surface area (Å²) in [5.41, 5.74) is 1.35. The first-order valence-corrected chi connectivity index (χ1v) is 9.90. The molecule has 0 radical (unpaired) electrons. The maximum atomic E-state index is 12.3. The molecule has 0 saturated carbocycles. The molecule has 31 heavy (non-hydrogen) atoms. The van der Waals surface area contributed by atoms with Gasteiger partial charge in [0.1, 0.15) is 17.2 Å². The van der Waals surface area contributed by atoms with Crippen LogP contribution in [0.3, 0.4) is 0 Å². The van der Waals surface area contributed by atoms with E-state index in [1.54, 1.807) is 62.7 Å². The third kappa shape index (κ3) is 7.17. The molecule has 0 spiro atoms. The number of benzene rings is 3. The van der Waals surface area contributed by atoms with E-state index in [1.165, 1.54) is 0 Å². The van der Waals surface area contributed by atoms with Crippen LogP contribution in [0.5, 0.6) is 17.2 Å². The van der Waals surface area contributed by atoms with Crippen LogP contribution in [0.2, 0.25) is 0 Å². The second kappa shape index (κ2) is 10.8. The molecule has 3 aromatic rings. The van der Waals surface area contributed by atoms with Crippen molar-refractivity contribution in [3.05, 3.63) is 78.9 Å². The number of likely N-dealkylation sites (N-methyl/N-ethyl adjacent to an activating group) is 1. The van der Waals surface area contributed by atoms with Crippen molar-refractivity contribution < 1.29 is 24.0 Å². The topological polar surface area (TPSA) is 81.1 Å². The van der Waals surface area contributed by atoms with Crippen LogP contribution in [-0.4, -0.2) is 39.1 Å². The molecule has 1 unspecified atom stereocenters. The highest BCUT2D eigenvalue weighted by atomic mass is 16.5. The second-order valence-corrected chi connectivity index (χ2v) is 7.08. The summed E-state index contributed by atoms with van der Waals surface area (Å²) in [6, 6.07) is 23.7. The number of para-hydroxylation sites is 1. The van der Waals surface area contributed by atoms with Crippen molar-refractivity contribution in [3.63, 3.8) is 0 Å². The van der Waals surface area contributed by atoms with Gasteiger partial charge in [-0.15, -0.1) is 0 Å². The lowest BCUT2D eigenvalue weighted by molar-refractivity contribution is -0.862. The summed E-state index contributed by atoms with van der Waals surface area (Å²) in [5, 5.41) is 5.65. The van der Waals surface area contributed by atoms with Crippen LogP contribution >= 0.6 is 0 Å². The molecule has 0 bridgehead atoms. The molecule has 3 rings (SSSR count). The molecule has 1 atom stereocenters. The highest BCUT2D eigenvalue weighted by molar-refractivity contribution is 5.93. The van der Waals surface area contributed by atoms with Crippen molar-refractivity contribution in [2.45, 2.75) is 0 Å². The van der Waals surface area contributed by atoms with Crippen LogP contribution in [0.15, 0.2) is 78.9 Å². The van der Waals surface area contributed by atoms with E-state index < -0.39 is 0 Å². The Balaban J connectivity index is 1.43. The third-order valence-electron chi connectivity index (χ3n) is 4.42. The minimum absolute atomic E-state index is 0.165. The molecule has 2 amide bonds. The summed E-state index contributed by atoms with van der Waals surface area (Å²) in [4.78, 5) is 25.3. The number of carbonyl (C=O) groups excluding carboxylic acids is 2. The van der Waals surface area contributed by atoms with Crippen LogP contribution in [0.4, 0.5) is 11.4 Å². The van der Waals surface area contributed by atoms with E-state index in [9.17, 15) is 9.59 Å². The molecule has 0 heterocycles. The van der Waals surface area contributed by atoms with Crippen molar-refractivity contribution >= 4 is 23.2 Å². The molecular formula is C24H26N3O4+. The first-order valence-electron chi connectivity index (χ1n) is 9.90. The average molecular weight is 420 g/mol. The summed E-state index contributed by atoms with van der Waals surface area (Å²) in [7, 11) is 3.38. The van der Waals surface area contributed by atoms with Crippen molar-refractivity contribution in [2.75, 3.05) is 37.9 Å². The molecule has 0 aliphatic heterocycles. The average Bonchev–Trinajstić information content (AvgIpc) is 2.76. The number of hydrogen-bond donors (Lipinski definition) is 3. The molecule has 160 valence electrons. The fraction of sp³-hybridized carbons (Fsp3) is 0.167. The van der Waals surface area contributed by atoms with Crippen LogP contribution < -0.4 is 25.0 Å². The number of amides is 2. The standard InChI is InChI=1S/C24H25N3O4/c1-27(16-23(28)25-18-8-12-20(30-2)13-9-18)17-24(29)26-19-10-14-22(15-11-19)31-21-6-4-3-5-7-21/h3-15H,16-17H2,1-2H3,(H,25,28)(H,26,29)/p+1. The van der Waals surface area contributed by atoms with E-state index in [0.29, 0.717) is 17.1 Å². The lowest BCUT2D eigenvalue weighted by Gasteiger charge is -2.14. The minimum Gasteiger partial charge on any atom is -0.497 e. The summed E-state index contributed by atoms with van der Waals surface area (Å²) in [6.07, 6.45) is 0. The zero-order valence-electron chi connectivity index (χ0n) is 17.6. The Morgan fingerprint density at radius 3 is 1.65 bits per heavy atom. The van der Waals surface area contributed by atoms with Gasteiger partial charge in [0.25, 0.3) is 11.8 Å². The van der Waals surface area contributed by atoms with Gasteiger partial charge in [-0.2, -0.15) is 0 Å². The van der Waals surface area contributed by atoms with Crippen molar-refractivity contribution in [3.8, 4) is 17.2 Å². The number of quaternary nitrogens is 1. The fourth-order valence-corrected chi connectivity index (χ4v) is 2.93. The Kier molecular flexibility index (Phi) is 7.61. The van der Waals surface area contributed by atoms with Gasteiger partial charge < -0.3 is 25.0 Å². The van der Waals surface area contributed by atoms with Crippen LogP contribution in [0.25, 0.3) is 0 Å². The highest BCUT2D eigenvalue weighted by Crippen LogP contribution is 2.22. The predicted octanol–water partition coefficient (Wildman–Crippen LogP) is 2.58. The number of anilines is 2. The van der Waals surface area contributed by atoms with Crippen molar-refractivity contribution in [1.29, 1.82) is 0 Å². The Morgan fingerprint density at radius 2 is 1.16 bits per heavy atom. The van der Waals surface area contributed by atoms with Gasteiger partial charge in [-0.3, -0.25) is 9.59 Å². The molecule has 0 aliphatic rings. The Labute approximate surface area is 181 Å². The second-order valence-electron chi connectivity index (χ2n) is 7.08. The molecular weight excluding hydrogens is 394 g/mol. The predicted molar refractivity (Wildman–Crippen MR) is 120 cm³/mol. The molecule has 3 N–H and O–H groups in total. The van der Waals surface area contributed by atoms with Gasteiger partial charge in [-0.05, 0) is 60.7 Å². The van der Waals surface area contributed by atoms with E-state index in [0.717, 1.165) is 16.4 Å². The number of ether oxygens (including phenoxy) is 2. The zero-order chi connectivity index (χ0) is 22.1. The molecule has 0 fully saturated rings. The van der Waals surface area contributed by atoms with Gasteiger partial charge >= 0.3 is 0 Å². The van der Waals surface area contributed by atoms with E-state index in [2.05, 4.69) is 10.6 Å². The SMILES string of the molecule is COc1ccc(NC(=O)C[NH+](C)CC(=O)Nc2ccc(Oc3ccccc3)cc2)cc1. The van der Waals surface area contributed by atoms with Gasteiger partial charge in [0, 0.05) is 11.4 Å². The lowest BCUT2D eigenvalue weighted by Crippen LogP contribution is -3.11. The van der Waals surface area contributed by atoms with Gasteiger partial charge in [0.2, 0.25) is 0 Å². The molecule has 0 aliphatic carbocycles. The Hall–Kier alpha value is -3.84. The maximum Gasteiger partial charge on any atom is 0.279 e. The molecule has 0 saturated heterocycles. The number of methoxy groups -OCH3 is 1. The third-order valence-corrected chi connectivity index (χ3v) is 4.42. The zero-order valence-corrected chi connectivity index (χ0v) is 17.6. The van der Waals surface area contributed by atoms with E-state index in [1.807, 2.05) is 30.3 Å². The monoisotopic (exact) mass is 420 g/mol. The molecule has 0 aromatic heterocycles. The number of carbonyl (C=O) groups is 2. The van der Waals surface area contributed by atoms with Gasteiger partial charge in [0.15, 0.2) is 13.1 Å². The van der Waals surface area contributed by atoms with Gasteiger partial charge in [0.05, 0.1) is 14.2 Å². The van der Waals surface area contributed by atoms with E-state index >= 15 is 0 Å². The van der Waals surface area contributed by atoms with E-state index in [-0.39, 0.29) is 24.9 Å².